The van der Waals surface area contributed by atoms with E-state index in [0.29, 0.717) is 6.61 Å². The predicted molar refractivity (Wildman–Crippen MR) is 66.2 cm³/mol. The van der Waals surface area contributed by atoms with Crippen LogP contribution in [0.3, 0.4) is 0 Å². The van der Waals surface area contributed by atoms with Crippen molar-refractivity contribution in [2.75, 3.05) is 0 Å². The summed E-state index contributed by atoms with van der Waals surface area (Å²) in [5, 5.41) is 0. The van der Waals surface area contributed by atoms with Crippen molar-refractivity contribution < 1.29 is 9.25 Å². The van der Waals surface area contributed by atoms with Gasteiger partial charge >= 0.3 is 0 Å². The lowest BCUT2D eigenvalue weighted by Gasteiger charge is -2.12. The Kier molecular flexibility index (Phi) is 4.36. The minimum atomic E-state index is 0.227. The average Bonchev–Trinajstić information content (AvgIpc) is 2.83. The Bertz CT molecular complexity index is 411. The largest absolute Gasteiger partial charge is 0.469 e. The third-order valence-corrected chi connectivity index (χ3v) is 2.45. The number of hydrogen-bond acceptors (Lipinski definition) is 3. The van der Waals surface area contributed by atoms with Gasteiger partial charge in [0.2, 0.25) is 0 Å². The number of rotatable bonds is 6. The highest BCUT2D eigenvalue weighted by atomic mass is 16.6. The highest BCUT2D eigenvalue weighted by Gasteiger charge is 2.05. The fraction of sp³-hybridized carbons (Fsp3) is 0.286. The minimum Gasteiger partial charge on any atom is -0.469 e. The second-order valence-electron chi connectivity index (χ2n) is 4.08. The molecule has 0 aliphatic heterocycles. The van der Waals surface area contributed by atoms with Crippen molar-refractivity contribution in [3.63, 3.8) is 0 Å². The zero-order valence-electron chi connectivity index (χ0n) is 9.93. The molecule has 0 fully saturated rings. The van der Waals surface area contributed by atoms with Gasteiger partial charge < -0.3 is 4.42 Å². The molecule has 0 aliphatic carbocycles. The molecule has 1 unspecified atom stereocenters. The SMILES string of the molecule is CC(Cc1ccco1)NOCc1ccccc1. The Balaban J connectivity index is 1.68. The van der Waals surface area contributed by atoms with Gasteiger partial charge in [-0.15, -0.1) is 0 Å². The van der Waals surface area contributed by atoms with Crippen LogP contribution in [0.5, 0.6) is 0 Å². The Morgan fingerprint density at radius 3 is 2.71 bits per heavy atom. The van der Waals surface area contributed by atoms with Crippen molar-refractivity contribution in [3.8, 4) is 0 Å². The number of furan rings is 1. The third kappa shape index (κ3) is 4.06. The lowest BCUT2D eigenvalue weighted by atomic mass is 10.2. The van der Waals surface area contributed by atoms with Crippen LogP contribution < -0.4 is 5.48 Å². The normalized spacial score (nSPS) is 12.5. The molecule has 1 aromatic carbocycles. The standard InChI is InChI=1S/C14H17NO2/c1-12(10-14-8-5-9-16-14)15-17-11-13-6-3-2-4-7-13/h2-9,12,15H,10-11H2,1H3. The van der Waals surface area contributed by atoms with E-state index in [9.17, 15) is 0 Å². The van der Waals surface area contributed by atoms with E-state index in [1.165, 1.54) is 0 Å². The molecule has 0 spiro atoms. The van der Waals surface area contributed by atoms with Gasteiger partial charge in [-0.3, -0.25) is 4.84 Å². The van der Waals surface area contributed by atoms with Crippen molar-refractivity contribution in [2.24, 2.45) is 0 Å². The minimum absolute atomic E-state index is 0.227. The summed E-state index contributed by atoms with van der Waals surface area (Å²) in [6, 6.07) is 14.2. The first kappa shape index (κ1) is 11.9. The lowest BCUT2D eigenvalue weighted by Crippen LogP contribution is -2.27. The van der Waals surface area contributed by atoms with Gasteiger partial charge in [-0.1, -0.05) is 30.3 Å². The zero-order chi connectivity index (χ0) is 11.9. The smallest absolute Gasteiger partial charge is 0.105 e. The second kappa shape index (κ2) is 6.23. The van der Waals surface area contributed by atoms with E-state index in [-0.39, 0.29) is 6.04 Å². The van der Waals surface area contributed by atoms with E-state index < -0.39 is 0 Å². The highest BCUT2D eigenvalue weighted by molar-refractivity contribution is 5.13. The van der Waals surface area contributed by atoms with Gasteiger partial charge in [-0.05, 0) is 24.6 Å². The van der Waals surface area contributed by atoms with E-state index >= 15 is 0 Å². The van der Waals surface area contributed by atoms with E-state index in [1.54, 1.807) is 6.26 Å². The molecule has 0 saturated carbocycles. The predicted octanol–water partition coefficient (Wildman–Crippen LogP) is 2.93. The van der Waals surface area contributed by atoms with Crippen LogP contribution in [-0.4, -0.2) is 6.04 Å². The van der Waals surface area contributed by atoms with Gasteiger partial charge in [0.15, 0.2) is 0 Å². The van der Waals surface area contributed by atoms with Gasteiger partial charge in [-0.2, -0.15) is 5.48 Å². The van der Waals surface area contributed by atoms with E-state index in [0.717, 1.165) is 17.7 Å². The molecule has 90 valence electrons. The van der Waals surface area contributed by atoms with Gasteiger partial charge in [0, 0.05) is 12.5 Å². The summed E-state index contributed by atoms with van der Waals surface area (Å²) < 4.78 is 5.27. The van der Waals surface area contributed by atoms with Crippen LogP contribution in [0.1, 0.15) is 18.2 Å². The summed E-state index contributed by atoms with van der Waals surface area (Å²) in [5.41, 5.74) is 4.17. The Hall–Kier alpha value is -1.58. The van der Waals surface area contributed by atoms with Crippen LogP contribution in [0.2, 0.25) is 0 Å². The summed E-state index contributed by atoms with van der Waals surface area (Å²) in [4.78, 5) is 5.44. The molecule has 1 N–H and O–H groups in total. The first-order valence-electron chi connectivity index (χ1n) is 5.78. The molecule has 0 saturated heterocycles. The third-order valence-electron chi connectivity index (χ3n) is 2.45. The van der Waals surface area contributed by atoms with Crippen LogP contribution in [0.4, 0.5) is 0 Å². The summed E-state index contributed by atoms with van der Waals surface area (Å²) in [6.45, 7) is 2.64. The molecule has 2 rings (SSSR count). The average molecular weight is 231 g/mol. The van der Waals surface area contributed by atoms with Crippen molar-refractivity contribution in [1.29, 1.82) is 0 Å². The fourth-order valence-corrected chi connectivity index (χ4v) is 1.61. The molecule has 0 bridgehead atoms. The van der Waals surface area contributed by atoms with Gasteiger partial charge in [0.1, 0.15) is 5.76 Å². The quantitative estimate of drug-likeness (QED) is 0.776. The van der Waals surface area contributed by atoms with E-state index in [1.807, 2.05) is 42.5 Å². The highest BCUT2D eigenvalue weighted by Crippen LogP contribution is 2.04. The lowest BCUT2D eigenvalue weighted by molar-refractivity contribution is 0.00669. The molecule has 0 radical (unpaired) electrons. The fourth-order valence-electron chi connectivity index (χ4n) is 1.61. The maximum Gasteiger partial charge on any atom is 0.105 e. The number of hydroxylamine groups is 1. The van der Waals surface area contributed by atoms with E-state index in [4.69, 9.17) is 9.25 Å². The summed E-state index contributed by atoms with van der Waals surface area (Å²) in [5.74, 6) is 0.966. The number of nitrogens with one attached hydrogen (secondary N) is 1. The Labute approximate surface area is 101 Å². The van der Waals surface area contributed by atoms with Crippen LogP contribution in [0.25, 0.3) is 0 Å². The monoisotopic (exact) mass is 231 g/mol. The first-order valence-corrected chi connectivity index (χ1v) is 5.78. The molecule has 1 atom stereocenters. The molecular formula is C14H17NO2. The van der Waals surface area contributed by atoms with Crippen molar-refractivity contribution in [3.05, 3.63) is 60.1 Å². The molecule has 1 heterocycles. The van der Waals surface area contributed by atoms with Crippen LogP contribution in [0, 0.1) is 0 Å². The van der Waals surface area contributed by atoms with Crippen molar-refractivity contribution in [1.82, 2.24) is 5.48 Å². The topological polar surface area (TPSA) is 34.4 Å². The van der Waals surface area contributed by atoms with Gasteiger partial charge in [0.05, 0.1) is 12.9 Å². The summed E-state index contributed by atoms with van der Waals surface area (Å²) in [6.07, 6.45) is 2.51. The maximum absolute atomic E-state index is 5.44. The Morgan fingerprint density at radius 1 is 1.18 bits per heavy atom. The van der Waals surface area contributed by atoms with E-state index in [2.05, 4.69) is 12.4 Å². The number of hydrogen-bond donors (Lipinski definition) is 1. The molecule has 1 aromatic heterocycles. The Morgan fingerprint density at radius 2 is 2.00 bits per heavy atom. The first-order chi connectivity index (χ1) is 8.34. The second-order valence-corrected chi connectivity index (χ2v) is 4.08. The number of benzene rings is 1. The summed E-state index contributed by atoms with van der Waals surface area (Å²) >= 11 is 0. The molecule has 2 aromatic rings. The molecule has 3 heteroatoms. The van der Waals surface area contributed by atoms with Gasteiger partial charge in [0.25, 0.3) is 0 Å². The van der Waals surface area contributed by atoms with Crippen molar-refractivity contribution in [2.45, 2.75) is 26.0 Å². The zero-order valence-corrected chi connectivity index (χ0v) is 9.93. The molecule has 0 amide bonds. The van der Waals surface area contributed by atoms with Gasteiger partial charge in [-0.25, -0.2) is 0 Å². The van der Waals surface area contributed by atoms with Crippen LogP contribution in [-0.2, 0) is 17.9 Å². The van der Waals surface area contributed by atoms with Crippen molar-refractivity contribution >= 4 is 0 Å². The van der Waals surface area contributed by atoms with Crippen LogP contribution in [0.15, 0.2) is 53.1 Å². The maximum atomic E-state index is 5.44. The molecule has 17 heavy (non-hydrogen) atoms. The molecule has 3 nitrogen and oxygen atoms in total. The molecule has 0 aliphatic rings. The summed E-state index contributed by atoms with van der Waals surface area (Å²) in [7, 11) is 0. The van der Waals surface area contributed by atoms with Crippen LogP contribution >= 0.6 is 0 Å². The molecular weight excluding hydrogens is 214 g/mol.